The fraction of sp³-hybridized carbons (Fsp3) is 0.200. The van der Waals surface area contributed by atoms with Gasteiger partial charge in [0, 0.05) is 31.0 Å². The molecule has 2 aromatic heterocycles. The van der Waals surface area contributed by atoms with Crippen LogP contribution in [0.25, 0.3) is 5.65 Å². The molecular formula is C15H15FN4O. The van der Waals surface area contributed by atoms with E-state index < -0.39 is 0 Å². The lowest BCUT2D eigenvalue weighted by Gasteiger charge is -2.07. The van der Waals surface area contributed by atoms with Crippen LogP contribution in [0.2, 0.25) is 0 Å². The number of nitrogens with zero attached hydrogens (tertiary/aromatic N) is 3. The van der Waals surface area contributed by atoms with Gasteiger partial charge in [0.05, 0.1) is 24.7 Å². The molecule has 0 aliphatic carbocycles. The lowest BCUT2D eigenvalue weighted by Crippen LogP contribution is -2.14. The minimum absolute atomic E-state index is 0.292. The lowest BCUT2D eigenvalue weighted by atomic mass is 10.1. The van der Waals surface area contributed by atoms with E-state index in [1.165, 1.54) is 6.07 Å². The van der Waals surface area contributed by atoms with Gasteiger partial charge in [-0.2, -0.15) is 0 Å². The van der Waals surface area contributed by atoms with Crippen LogP contribution in [0.3, 0.4) is 0 Å². The molecule has 0 fully saturated rings. The Morgan fingerprint density at radius 2 is 2.14 bits per heavy atom. The van der Waals surface area contributed by atoms with Crippen LogP contribution in [0.4, 0.5) is 4.39 Å². The van der Waals surface area contributed by atoms with E-state index in [-0.39, 0.29) is 12.4 Å². The highest BCUT2D eigenvalue weighted by atomic mass is 19.1. The average Bonchev–Trinajstić information content (AvgIpc) is 2.92. The molecule has 0 atom stereocenters. The van der Waals surface area contributed by atoms with Gasteiger partial charge in [0.25, 0.3) is 0 Å². The topological polar surface area (TPSA) is 62.5 Å². The zero-order valence-electron chi connectivity index (χ0n) is 11.3. The van der Waals surface area contributed by atoms with Crippen LogP contribution in [0.15, 0.2) is 43.0 Å². The molecule has 0 aliphatic rings. The Hall–Kier alpha value is -2.31. The van der Waals surface area contributed by atoms with Crippen molar-refractivity contribution in [2.24, 2.45) is 0 Å². The lowest BCUT2D eigenvalue weighted by molar-refractivity contribution is 0.275. The minimum Gasteiger partial charge on any atom is -0.392 e. The van der Waals surface area contributed by atoms with Gasteiger partial charge in [0.2, 0.25) is 0 Å². The molecule has 0 unspecified atom stereocenters. The fourth-order valence-corrected chi connectivity index (χ4v) is 2.22. The first-order chi connectivity index (χ1) is 10.3. The van der Waals surface area contributed by atoms with Crippen LogP contribution >= 0.6 is 0 Å². The average molecular weight is 286 g/mol. The summed E-state index contributed by atoms with van der Waals surface area (Å²) in [4.78, 5) is 8.28. The van der Waals surface area contributed by atoms with Gasteiger partial charge in [-0.25, -0.2) is 9.37 Å². The summed E-state index contributed by atoms with van der Waals surface area (Å²) < 4.78 is 15.3. The normalized spacial score (nSPS) is 11.1. The van der Waals surface area contributed by atoms with Crippen molar-refractivity contribution in [3.8, 4) is 0 Å². The number of rotatable bonds is 5. The monoisotopic (exact) mass is 286 g/mol. The molecular weight excluding hydrogens is 271 g/mol. The molecule has 0 radical (unpaired) electrons. The number of hydrogen-bond donors (Lipinski definition) is 2. The Morgan fingerprint density at radius 3 is 3.00 bits per heavy atom. The maximum atomic E-state index is 13.3. The van der Waals surface area contributed by atoms with E-state index in [0.29, 0.717) is 18.7 Å². The van der Waals surface area contributed by atoms with Gasteiger partial charge in [-0.1, -0.05) is 6.07 Å². The maximum Gasteiger partial charge on any atom is 0.155 e. The zero-order valence-corrected chi connectivity index (χ0v) is 11.3. The number of aliphatic hydroxyl groups is 1. The summed E-state index contributed by atoms with van der Waals surface area (Å²) in [5.41, 5.74) is 3.07. The van der Waals surface area contributed by atoms with Crippen molar-refractivity contribution in [1.29, 1.82) is 0 Å². The molecule has 0 bridgehead atoms. The molecule has 1 aromatic carbocycles. The molecule has 0 saturated heterocycles. The summed E-state index contributed by atoms with van der Waals surface area (Å²) in [7, 11) is 0. The van der Waals surface area contributed by atoms with Crippen molar-refractivity contribution in [3.63, 3.8) is 0 Å². The van der Waals surface area contributed by atoms with Gasteiger partial charge in [-0.05, 0) is 17.7 Å². The number of nitrogens with one attached hydrogen (secondary N) is 1. The second-order valence-electron chi connectivity index (χ2n) is 4.74. The van der Waals surface area contributed by atoms with E-state index in [1.54, 1.807) is 30.7 Å². The number of aromatic nitrogens is 3. The van der Waals surface area contributed by atoms with E-state index in [9.17, 15) is 4.39 Å². The number of hydrogen-bond acceptors (Lipinski definition) is 4. The number of aliphatic hydroxyl groups excluding tert-OH is 1. The summed E-state index contributed by atoms with van der Waals surface area (Å²) in [5.74, 6) is -0.379. The Bertz CT molecular complexity index is 756. The Morgan fingerprint density at radius 1 is 1.24 bits per heavy atom. The molecule has 5 nitrogen and oxygen atoms in total. The second kappa shape index (κ2) is 5.99. The first-order valence-electron chi connectivity index (χ1n) is 6.63. The number of imidazole rings is 1. The molecule has 21 heavy (non-hydrogen) atoms. The fourth-order valence-electron chi connectivity index (χ4n) is 2.22. The highest BCUT2D eigenvalue weighted by Crippen LogP contribution is 2.11. The van der Waals surface area contributed by atoms with E-state index in [2.05, 4.69) is 15.3 Å². The highest BCUT2D eigenvalue weighted by molar-refractivity contribution is 5.36. The van der Waals surface area contributed by atoms with Crippen LogP contribution in [0.1, 0.15) is 16.8 Å². The van der Waals surface area contributed by atoms with Gasteiger partial charge in [-0.15, -0.1) is 0 Å². The molecule has 3 rings (SSSR count). The summed E-state index contributed by atoms with van der Waals surface area (Å²) in [5, 5.41) is 12.3. The third-order valence-electron chi connectivity index (χ3n) is 3.31. The van der Waals surface area contributed by atoms with E-state index in [0.717, 1.165) is 16.9 Å². The third kappa shape index (κ3) is 2.91. The number of halogens is 1. The SMILES string of the molecule is OCc1cc(CNCc2cnc3cnccn23)ccc1F. The molecule has 3 aromatic rings. The van der Waals surface area contributed by atoms with Crippen LogP contribution in [0.5, 0.6) is 0 Å². The molecule has 0 saturated carbocycles. The first-order valence-corrected chi connectivity index (χ1v) is 6.63. The summed E-state index contributed by atoms with van der Waals surface area (Å²) in [6.45, 7) is 0.933. The predicted octanol–water partition coefficient (Wildman–Crippen LogP) is 1.65. The van der Waals surface area contributed by atoms with Crippen molar-refractivity contribution in [2.45, 2.75) is 19.7 Å². The van der Waals surface area contributed by atoms with Gasteiger partial charge < -0.3 is 10.4 Å². The molecule has 0 amide bonds. The molecule has 2 N–H and O–H groups in total. The van der Waals surface area contributed by atoms with Gasteiger partial charge >= 0.3 is 0 Å². The highest BCUT2D eigenvalue weighted by Gasteiger charge is 2.04. The Labute approximate surface area is 121 Å². The number of benzene rings is 1. The zero-order chi connectivity index (χ0) is 14.7. The van der Waals surface area contributed by atoms with Gasteiger partial charge in [0.15, 0.2) is 5.65 Å². The molecule has 2 heterocycles. The van der Waals surface area contributed by atoms with Crippen LogP contribution in [-0.4, -0.2) is 19.5 Å². The van der Waals surface area contributed by atoms with E-state index >= 15 is 0 Å². The quantitative estimate of drug-likeness (QED) is 0.748. The van der Waals surface area contributed by atoms with Gasteiger partial charge in [-0.3, -0.25) is 9.38 Å². The summed E-state index contributed by atoms with van der Waals surface area (Å²) in [6, 6.07) is 4.75. The van der Waals surface area contributed by atoms with E-state index in [4.69, 9.17) is 5.11 Å². The molecule has 0 spiro atoms. The molecule has 0 aliphatic heterocycles. The van der Waals surface area contributed by atoms with Crippen LogP contribution in [-0.2, 0) is 19.7 Å². The first kappa shape index (κ1) is 13.7. The van der Waals surface area contributed by atoms with Crippen molar-refractivity contribution < 1.29 is 9.50 Å². The van der Waals surface area contributed by atoms with Crippen molar-refractivity contribution in [1.82, 2.24) is 19.7 Å². The predicted molar refractivity (Wildman–Crippen MR) is 75.9 cm³/mol. The third-order valence-corrected chi connectivity index (χ3v) is 3.31. The minimum atomic E-state index is -0.379. The van der Waals surface area contributed by atoms with Gasteiger partial charge in [0.1, 0.15) is 5.82 Å². The Balaban J connectivity index is 1.66. The molecule has 6 heteroatoms. The maximum absolute atomic E-state index is 13.3. The van der Waals surface area contributed by atoms with Crippen LogP contribution < -0.4 is 5.32 Å². The largest absolute Gasteiger partial charge is 0.392 e. The van der Waals surface area contributed by atoms with Crippen molar-refractivity contribution in [3.05, 3.63) is 65.6 Å². The summed E-state index contributed by atoms with van der Waals surface area (Å²) in [6.07, 6.45) is 7.08. The smallest absolute Gasteiger partial charge is 0.155 e. The van der Waals surface area contributed by atoms with E-state index in [1.807, 2.05) is 10.6 Å². The van der Waals surface area contributed by atoms with Crippen molar-refractivity contribution >= 4 is 5.65 Å². The Kier molecular flexibility index (Phi) is 3.89. The second-order valence-corrected chi connectivity index (χ2v) is 4.74. The van der Waals surface area contributed by atoms with Crippen molar-refractivity contribution in [2.75, 3.05) is 0 Å². The summed E-state index contributed by atoms with van der Waals surface area (Å²) >= 11 is 0. The standard InChI is InChI=1S/C15H15FN4O/c16-14-2-1-11(5-12(14)10-21)6-18-7-13-8-19-15-9-17-3-4-20(13)15/h1-5,8-9,18,21H,6-7,10H2. The molecule has 108 valence electrons. The number of fused-ring (bicyclic) bond motifs is 1. The van der Waals surface area contributed by atoms with Crippen LogP contribution in [0, 0.1) is 5.82 Å².